The third-order valence-corrected chi connectivity index (χ3v) is 21.9. The molecule has 0 fully saturated rings. The smallest absolute Gasteiger partial charge is 0.317 e. The van der Waals surface area contributed by atoms with Crippen LogP contribution < -0.4 is 0 Å². The van der Waals surface area contributed by atoms with Gasteiger partial charge >= 0.3 is 17.1 Å². The van der Waals surface area contributed by atoms with Gasteiger partial charge in [-0.2, -0.15) is 0 Å². The van der Waals surface area contributed by atoms with Gasteiger partial charge in [-0.05, 0) is 77.4 Å². The maximum Gasteiger partial charge on any atom is 0.317 e. The number of aliphatic hydroxyl groups excluding tert-OH is 1. The highest BCUT2D eigenvalue weighted by Crippen LogP contribution is 2.30. The Hall–Kier alpha value is 0.804. The van der Waals surface area contributed by atoms with Crippen LogP contribution in [0.2, 0.25) is 71.0 Å². The van der Waals surface area contributed by atoms with E-state index in [2.05, 4.69) is 65.8 Å². The van der Waals surface area contributed by atoms with Crippen LogP contribution in [0.15, 0.2) is 0 Å². The summed E-state index contributed by atoms with van der Waals surface area (Å²) in [6, 6.07) is 1.75. The fourth-order valence-electron chi connectivity index (χ4n) is 3.61. The van der Waals surface area contributed by atoms with Gasteiger partial charge in [-0.25, -0.2) is 0 Å². The molecule has 0 bridgehead atoms. The van der Waals surface area contributed by atoms with E-state index in [0.717, 1.165) is 31.4 Å². The zero-order chi connectivity index (χ0) is 24.3. The molecule has 0 aliphatic carbocycles. The molecule has 0 spiro atoms. The number of unbranched alkanes of at least 4 members (excludes halogenated alkanes) is 2. The summed E-state index contributed by atoms with van der Waals surface area (Å²) in [6.07, 6.45) is 2.76. The molecule has 0 aromatic carbocycles. The molecule has 0 saturated heterocycles. The lowest BCUT2D eigenvalue weighted by atomic mass is 10.3. The van der Waals surface area contributed by atoms with E-state index in [9.17, 15) is 0 Å². The van der Waals surface area contributed by atoms with Crippen LogP contribution >= 0.6 is 0 Å². The molecule has 3 atom stereocenters. The van der Waals surface area contributed by atoms with Crippen molar-refractivity contribution in [3.05, 3.63) is 0 Å². The molecule has 0 aliphatic heterocycles. The predicted molar refractivity (Wildman–Crippen MR) is 140 cm³/mol. The van der Waals surface area contributed by atoms with E-state index in [1.165, 1.54) is 6.42 Å². The van der Waals surface area contributed by atoms with Crippen molar-refractivity contribution in [2.24, 2.45) is 0 Å². The lowest BCUT2D eigenvalue weighted by molar-refractivity contribution is -0.0945. The minimum absolute atomic E-state index is 0.0717. The first-order valence-corrected chi connectivity index (χ1v) is 25.7. The standard InChI is InChI=1S/C19H50O7Si5/c1-11-12-13-16-30(9,24-27(2)23-28(3,4)5)26-31(10,25-29(6,7)8)17-14-15-22-18-19(20)21/h19-21,27H,11-18H2,1-10H3. The van der Waals surface area contributed by atoms with Gasteiger partial charge in [0.1, 0.15) is 0 Å². The van der Waals surface area contributed by atoms with Crippen molar-refractivity contribution in [1.29, 1.82) is 0 Å². The van der Waals surface area contributed by atoms with Crippen LogP contribution in [0.5, 0.6) is 0 Å². The Bertz CT molecular complexity index is 487. The first-order chi connectivity index (χ1) is 14.0. The molecule has 0 heterocycles. The van der Waals surface area contributed by atoms with E-state index in [4.69, 9.17) is 31.4 Å². The summed E-state index contributed by atoms with van der Waals surface area (Å²) < 4.78 is 32.0. The Morgan fingerprint density at radius 1 is 0.742 bits per heavy atom. The normalized spacial score (nSPS) is 18.1. The van der Waals surface area contributed by atoms with Gasteiger partial charge in [0.15, 0.2) is 22.9 Å². The Balaban J connectivity index is 5.37. The largest absolute Gasteiger partial charge is 0.439 e. The van der Waals surface area contributed by atoms with Crippen molar-refractivity contribution in [2.45, 2.75) is 110 Å². The highest BCUT2D eigenvalue weighted by molar-refractivity contribution is 6.88. The van der Waals surface area contributed by atoms with Gasteiger partial charge in [-0.15, -0.1) is 0 Å². The third-order valence-electron chi connectivity index (χ3n) is 4.31. The number of aliphatic hydroxyl groups is 2. The highest BCUT2D eigenvalue weighted by Gasteiger charge is 2.45. The second kappa shape index (κ2) is 14.3. The molecule has 31 heavy (non-hydrogen) atoms. The number of rotatable bonds is 18. The number of hydrogen-bond donors (Lipinski definition) is 2. The first kappa shape index (κ1) is 31.8. The van der Waals surface area contributed by atoms with Crippen molar-refractivity contribution in [3.8, 4) is 0 Å². The summed E-state index contributed by atoms with van der Waals surface area (Å²) >= 11 is 0. The number of hydrogen-bond acceptors (Lipinski definition) is 7. The first-order valence-electron chi connectivity index (χ1n) is 11.7. The van der Waals surface area contributed by atoms with Crippen LogP contribution in [0.1, 0.15) is 32.6 Å². The molecule has 3 unspecified atom stereocenters. The lowest BCUT2D eigenvalue weighted by Crippen LogP contribution is -2.57. The fourth-order valence-corrected chi connectivity index (χ4v) is 24.4. The van der Waals surface area contributed by atoms with Gasteiger partial charge in [0, 0.05) is 6.61 Å². The number of ether oxygens (including phenoxy) is 1. The van der Waals surface area contributed by atoms with E-state index in [0.29, 0.717) is 6.61 Å². The minimum Gasteiger partial charge on any atom is -0.439 e. The van der Waals surface area contributed by atoms with E-state index >= 15 is 0 Å². The maximum absolute atomic E-state index is 8.96. The van der Waals surface area contributed by atoms with Crippen LogP contribution in [0.4, 0.5) is 0 Å². The summed E-state index contributed by atoms with van der Waals surface area (Å²) in [5.41, 5.74) is 0. The summed E-state index contributed by atoms with van der Waals surface area (Å²) in [7, 11) is -10.3. The summed E-state index contributed by atoms with van der Waals surface area (Å²) in [6.45, 7) is 22.3. The predicted octanol–water partition coefficient (Wildman–Crippen LogP) is 4.62. The molecule has 12 heteroatoms. The second-order valence-corrected chi connectivity index (χ2v) is 29.3. The topological polar surface area (TPSA) is 86.6 Å². The zero-order valence-corrected chi connectivity index (χ0v) is 26.9. The van der Waals surface area contributed by atoms with E-state index in [1.54, 1.807) is 0 Å². The molecule has 188 valence electrons. The molecule has 0 aliphatic rings. The molecular formula is C19H50O7Si5. The quantitative estimate of drug-likeness (QED) is 0.152. The summed E-state index contributed by atoms with van der Waals surface area (Å²) in [5.74, 6) is 0. The van der Waals surface area contributed by atoms with Gasteiger partial charge in [-0.3, -0.25) is 0 Å². The van der Waals surface area contributed by atoms with Crippen LogP contribution in [-0.2, 0) is 21.2 Å². The summed E-state index contributed by atoms with van der Waals surface area (Å²) in [4.78, 5) is 0. The second-order valence-electron chi connectivity index (χ2n) is 10.6. The molecule has 2 N–H and O–H groups in total. The molecule has 0 aromatic heterocycles. The fraction of sp³-hybridized carbons (Fsp3) is 1.00. The van der Waals surface area contributed by atoms with Gasteiger partial charge in [0.2, 0.25) is 0 Å². The molecule has 0 saturated carbocycles. The molecule has 0 aromatic rings. The van der Waals surface area contributed by atoms with Gasteiger partial charge < -0.3 is 31.4 Å². The molecular weight excluding hydrogens is 481 g/mol. The van der Waals surface area contributed by atoms with E-state index in [1.807, 2.05) is 0 Å². The van der Waals surface area contributed by atoms with Crippen molar-refractivity contribution in [2.75, 3.05) is 13.2 Å². The molecule has 7 nitrogen and oxygen atoms in total. The van der Waals surface area contributed by atoms with Crippen molar-refractivity contribution in [3.63, 3.8) is 0 Å². The third kappa shape index (κ3) is 17.9. The van der Waals surface area contributed by atoms with Gasteiger partial charge in [0.05, 0.1) is 6.61 Å². The lowest BCUT2D eigenvalue weighted by Gasteiger charge is -2.42. The van der Waals surface area contributed by atoms with Crippen LogP contribution in [0.3, 0.4) is 0 Å². The average molecular weight is 531 g/mol. The Kier molecular flexibility index (Phi) is 14.6. The van der Waals surface area contributed by atoms with Crippen molar-refractivity contribution in [1.82, 2.24) is 0 Å². The van der Waals surface area contributed by atoms with E-state index < -0.39 is 49.3 Å². The maximum atomic E-state index is 8.96. The van der Waals surface area contributed by atoms with Crippen LogP contribution in [0, 0.1) is 0 Å². The molecule has 0 amide bonds. The van der Waals surface area contributed by atoms with E-state index in [-0.39, 0.29) is 6.61 Å². The monoisotopic (exact) mass is 530 g/mol. The minimum atomic E-state index is -2.51. The Labute approximate surface area is 197 Å². The van der Waals surface area contributed by atoms with Crippen LogP contribution in [-0.4, -0.2) is 72.8 Å². The molecule has 0 radical (unpaired) electrons. The van der Waals surface area contributed by atoms with Crippen molar-refractivity contribution >= 4 is 43.0 Å². The summed E-state index contributed by atoms with van der Waals surface area (Å²) in [5, 5.41) is 17.9. The average Bonchev–Trinajstić information content (AvgIpc) is 2.49. The van der Waals surface area contributed by atoms with Gasteiger partial charge in [-0.1, -0.05) is 26.2 Å². The zero-order valence-electron chi connectivity index (χ0n) is 21.7. The van der Waals surface area contributed by atoms with Crippen molar-refractivity contribution < 1.29 is 31.4 Å². The Morgan fingerprint density at radius 2 is 1.32 bits per heavy atom. The Morgan fingerprint density at radius 3 is 1.81 bits per heavy atom. The molecule has 0 rings (SSSR count). The van der Waals surface area contributed by atoms with Gasteiger partial charge in [0.25, 0.3) is 9.28 Å². The van der Waals surface area contributed by atoms with Crippen LogP contribution in [0.25, 0.3) is 0 Å². The SMILES string of the molecule is CCCCC[Si](C)(O[SiH](C)O[Si](C)(C)C)O[Si](C)(CCCOCC(O)O)O[Si](C)(C)C. The highest BCUT2D eigenvalue weighted by atomic mass is 28.5.